The molecule has 0 atom stereocenters. The van der Waals surface area contributed by atoms with Crippen molar-refractivity contribution in [1.82, 2.24) is 0 Å². The van der Waals surface area contributed by atoms with Crippen molar-refractivity contribution in [3.63, 3.8) is 0 Å². The first-order valence-corrected chi connectivity index (χ1v) is 9.80. The summed E-state index contributed by atoms with van der Waals surface area (Å²) in [6.07, 6.45) is 0.671. The minimum Gasteiger partial charge on any atom is -0.377 e. The van der Waals surface area contributed by atoms with Crippen LogP contribution in [0.15, 0.2) is 29.2 Å². The van der Waals surface area contributed by atoms with Crippen molar-refractivity contribution < 1.29 is 21.7 Å². The van der Waals surface area contributed by atoms with E-state index >= 15 is 0 Å². The summed E-state index contributed by atoms with van der Waals surface area (Å²) in [5.41, 5.74) is 0.965. The molecule has 1 aromatic rings. The highest BCUT2D eigenvalue weighted by Crippen LogP contribution is 2.19. The van der Waals surface area contributed by atoms with Gasteiger partial charge in [0.05, 0.1) is 4.90 Å². The smallest absolute Gasteiger partial charge is 0.377 e. The molecule has 1 rings (SSSR count). The Morgan fingerprint density at radius 1 is 1.05 bits per heavy atom. The summed E-state index contributed by atoms with van der Waals surface area (Å²) in [7, 11) is 3.66. The second-order valence-corrected chi connectivity index (χ2v) is 9.53. The molecule has 0 fully saturated rings. The van der Waals surface area contributed by atoms with Gasteiger partial charge in [-0.05, 0) is 24.1 Å². The van der Waals surface area contributed by atoms with E-state index in [0.29, 0.717) is 12.5 Å². The summed E-state index contributed by atoms with van der Waals surface area (Å²) in [5.74, 6) is 0. The van der Waals surface area contributed by atoms with Gasteiger partial charge >= 0.3 is 8.80 Å². The molecule has 0 N–H and O–H groups in total. The SMILES string of the molecule is CO[Si](CCc1ccc(S(=O)(=O)Cl)cc1)(OC)OC. The minimum absolute atomic E-state index is 0.0895. The van der Waals surface area contributed by atoms with Crippen molar-refractivity contribution in [1.29, 1.82) is 0 Å². The van der Waals surface area contributed by atoms with Crippen LogP contribution in [0.25, 0.3) is 0 Å². The van der Waals surface area contributed by atoms with Crippen LogP contribution < -0.4 is 0 Å². The first-order chi connectivity index (χ1) is 8.87. The summed E-state index contributed by atoms with van der Waals surface area (Å²) in [6.45, 7) is 0. The molecule has 0 heterocycles. The number of aryl methyl sites for hydroxylation is 1. The minimum atomic E-state index is -3.67. The third-order valence-electron chi connectivity index (χ3n) is 2.86. The lowest BCUT2D eigenvalue weighted by Crippen LogP contribution is -2.43. The van der Waals surface area contributed by atoms with Gasteiger partial charge in [-0.25, -0.2) is 8.42 Å². The van der Waals surface area contributed by atoms with Gasteiger partial charge in [-0.3, -0.25) is 0 Å². The fourth-order valence-corrected chi connectivity index (χ4v) is 4.15. The normalized spacial score (nSPS) is 12.6. The third-order valence-corrected chi connectivity index (χ3v) is 6.96. The molecule has 8 heteroatoms. The van der Waals surface area contributed by atoms with Crippen molar-refractivity contribution in [3.05, 3.63) is 29.8 Å². The van der Waals surface area contributed by atoms with Crippen LogP contribution in [0.1, 0.15) is 5.56 Å². The zero-order chi connectivity index (χ0) is 14.5. The van der Waals surface area contributed by atoms with E-state index in [1.165, 1.54) is 12.1 Å². The van der Waals surface area contributed by atoms with E-state index in [1.54, 1.807) is 33.5 Å². The van der Waals surface area contributed by atoms with E-state index in [1.807, 2.05) is 0 Å². The summed E-state index contributed by atoms with van der Waals surface area (Å²) < 4.78 is 38.2. The molecule has 108 valence electrons. The molecule has 0 unspecified atom stereocenters. The Labute approximate surface area is 119 Å². The predicted molar refractivity (Wildman–Crippen MR) is 74.8 cm³/mol. The highest BCUT2D eigenvalue weighted by molar-refractivity contribution is 8.13. The topological polar surface area (TPSA) is 61.8 Å². The van der Waals surface area contributed by atoms with Crippen LogP contribution >= 0.6 is 10.7 Å². The molecule has 0 radical (unpaired) electrons. The van der Waals surface area contributed by atoms with Crippen molar-refractivity contribution in [3.8, 4) is 0 Å². The Balaban J connectivity index is 2.74. The first-order valence-electron chi connectivity index (χ1n) is 5.56. The van der Waals surface area contributed by atoms with E-state index in [4.69, 9.17) is 24.0 Å². The van der Waals surface area contributed by atoms with Gasteiger partial charge in [0.15, 0.2) is 0 Å². The Morgan fingerprint density at radius 3 is 1.89 bits per heavy atom. The van der Waals surface area contributed by atoms with Crippen LogP contribution in [0.5, 0.6) is 0 Å². The average Bonchev–Trinajstić information content (AvgIpc) is 2.40. The summed E-state index contributed by atoms with van der Waals surface area (Å²) in [4.78, 5) is 0.0895. The van der Waals surface area contributed by atoms with Crippen LogP contribution in [0.3, 0.4) is 0 Å². The van der Waals surface area contributed by atoms with Gasteiger partial charge in [-0.1, -0.05) is 12.1 Å². The summed E-state index contributed by atoms with van der Waals surface area (Å²) in [6, 6.07) is 7.01. The van der Waals surface area contributed by atoms with E-state index in [0.717, 1.165) is 5.56 Å². The number of rotatable bonds is 7. The van der Waals surface area contributed by atoms with E-state index in [9.17, 15) is 8.42 Å². The molecular weight excluding hydrogens is 308 g/mol. The molecular formula is C11H17ClO5SSi. The fraction of sp³-hybridized carbons (Fsp3) is 0.455. The van der Waals surface area contributed by atoms with Crippen LogP contribution in [-0.4, -0.2) is 38.6 Å². The van der Waals surface area contributed by atoms with Crippen LogP contribution in [0, 0.1) is 0 Å². The van der Waals surface area contributed by atoms with Crippen LogP contribution in [0.4, 0.5) is 0 Å². The number of halogens is 1. The van der Waals surface area contributed by atoms with Crippen LogP contribution in [-0.2, 0) is 28.7 Å². The van der Waals surface area contributed by atoms with Gasteiger partial charge in [0, 0.05) is 38.1 Å². The maximum atomic E-state index is 11.1. The zero-order valence-corrected chi connectivity index (χ0v) is 13.6. The van der Waals surface area contributed by atoms with Crippen LogP contribution in [0.2, 0.25) is 6.04 Å². The van der Waals surface area contributed by atoms with Gasteiger partial charge in [-0.2, -0.15) is 0 Å². The van der Waals surface area contributed by atoms with Crippen molar-refractivity contribution in [2.75, 3.05) is 21.3 Å². The molecule has 0 saturated heterocycles. The zero-order valence-electron chi connectivity index (χ0n) is 11.1. The lowest BCUT2D eigenvalue weighted by Gasteiger charge is -2.24. The van der Waals surface area contributed by atoms with Gasteiger partial charge in [-0.15, -0.1) is 0 Å². The quantitative estimate of drug-likeness (QED) is 0.567. The Morgan fingerprint density at radius 2 is 1.53 bits per heavy atom. The maximum absolute atomic E-state index is 11.1. The summed E-state index contributed by atoms with van der Waals surface area (Å²) >= 11 is 0. The molecule has 0 saturated carbocycles. The van der Waals surface area contributed by atoms with Gasteiger partial charge in [0.1, 0.15) is 0 Å². The molecule has 0 aliphatic heterocycles. The Kier molecular flexibility index (Phi) is 5.97. The van der Waals surface area contributed by atoms with Gasteiger partial charge in [0.25, 0.3) is 9.05 Å². The number of hydrogen-bond donors (Lipinski definition) is 0. The standard InChI is InChI=1S/C11H17ClO5SSi/c1-15-19(16-2,17-3)9-8-10-4-6-11(7-5-10)18(12,13)14/h4-7H,8-9H2,1-3H3. The highest BCUT2D eigenvalue weighted by atomic mass is 35.7. The molecule has 0 spiro atoms. The molecule has 0 aliphatic rings. The second-order valence-electron chi connectivity index (χ2n) is 3.88. The monoisotopic (exact) mass is 324 g/mol. The molecule has 0 aliphatic carbocycles. The predicted octanol–water partition coefficient (Wildman–Crippen LogP) is 2.03. The van der Waals surface area contributed by atoms with E-state index in [-0.39, 0.29) is 4.90 Å². The molecule has 1 aromatic carbocycles. The van der Waals surface area contributed by atoms with Crippen molar-refractivity contribution >= 4 is 28.5 Å². The largest absolute Gasteiger partial charge is 0.500 e. The van der Waals surface area contributed by atoms with E-state index < -0.39 is 17.9 Å². The highest BCUT2D eigenvalue weighted by Gasteiger charge is 2.37. The third kappa shape index (κ3) is 4.55. The Bertz CT molecular complexity index is 490. The molecule has 0 aromatic heterocycles. The number of benzene rings is 1. The maximum Gasteiger partial charge on any atom is 0.500 e. The van der Waals surface area contributed by atoms with Gasteiger partial charge < -0.3 is 13.3 Å². The van der Waals surface area contributed by atoms with Crippen molar-refractivity contribution in [2.24, 2.45) is 0 Å². The number of hydrogen-bond acceptors (Lipinski definition) is 5. The lowest BCUT2D eigenvalue weighted by atomic mass is 10.2. The molecule has 5 nitrogen and oxygen atoms in total. The lowest BCUT2D eigenvalue weighted by molar-refractivity contribution is 0.123. The molecule has 19 heavy (non-hydrogen) atoms. The van der Waals surface area contributed by atoms with E-state index in [2.05, 4.69) is 0 Å². The molecule has 0 bridgehead atoms. The van der Waals surface area contributed by atoms with Gasteiger partial charge in [0.2, 0.25) is 0 Å². The second kappa shape index (κ2) is 6.82. The Hall–Kier alpha value is -0.443. The first kappa shape index (κ1) is 16.6. The fourth-order valence-electron chi connectivity index (χ4n) is 1.67. The summed E-state index contributed by atoms with van der Waals surface area (Å²) in [5, 5.41) is 0. The average molecular weight is 325 g/mol. The van der Waals surface area contributed by atoms with Crippen molar-refractivity contribution in [2.45, 2.75) is 17.4 Å². The molecule has 0 amide bonds.